The average molecular weight is 375 g/mol. The van der Waals surface area contributed by atoms with Crippen molar-refractivity contribution in [3.8, 4) is 0 Å². The fourth-order valence-electron chi connectivity index (χ4n) is 2.81. The number of carbonyl (C=O) groups excluding carboxylic acids is 1. The number of piperazine rings is 1. The number of carbonyl (C=O) groups is 1. The SMILES string of the molecule is C/C(=C\c1ccc(Cl)cc1)C(=O)N1CCN(c2nnc(C(C)C)o2)CC1. The van der Waals surface area contributed by atoms with E-state index in [0.29, 0.717) is 48.7 Å². The number of hydrogen-bond donors (Lipinski definition) is 0. The Labute approximate surface area is 158 Å². The van der Waals surface area contributed by atoms with E-state index in [-0.39, 0.29) is 11.8 Å². The summed E-state index contributed by atoms with van der Waals surface area (Å²) >= 11 is 5.90. The van der Waals surface area contributed by atoms with Crippen LogP contribution in [0.3, 0.4) is 0 Å². The first-order chi connectivity index (χ1) is 12.4. The van der Waals surface area contributed by atoms with Crippen molar-refractivity contribution in [1.29, 1.82) is 0 Å². The first-order valence-electron chi connectivity index (χ1n) is 8.75. The van der Waals surface area contributed by atoms with Crippen LogP contribution in [0.4, 0.5) is 6.01 Å². The Morgan fingerprint density at radius 3 is 2.38 bits per heavy atom. The van der Waals surface area contributed by atoms with E-state index in [1.54, 1.807) is 0 Å². The van der Waals surface area contributed by atoms with Crippen LogP contribution in [0.5, 0.6) is 0 Å². The normalized spacial score (nSPS) is 15.7. The smallest absolute Gasteiger partial charge is 0.318 e. The zero-order valence-electron chi connectivity index (χ0n) is 15.3. The molecule has 6 nitrogen and oxygen atoms in total. The largest absolute Gasteiger partial charge is 0.408 e. The van der Waals surface area contributed by atoms with Crippen molar-refractivity contribution in [2.75, 3.05) is 31.1 Å². The molecule has 1 amide bonds. The van der Waals surface area contributed by atoms with Crippen LogP contribution in [0.15, 0.2) is 34.3 Å². The second-order valence-corrected chi connectivity index (χ2v) is 7.17. The van der Waals surface area contributed by atoms with Crippen LogP contribution >= 0.6 is 11.6 Å². The summed E-state index contributed by atoms with van der Waals surface area (Å²) in [7, 11) is 0. The van der Waals surface area contributed by atoms with E-state index >= 15 is 0 Å². The first kappa shape index (κ1) is 18.5. The number of rotatable bonds is 4. The van der Waals surface area contributed by atoms with Crippen molar-refractivity contribution in [2.24, 2.45) is 0 Å². The lowest BCUT2D eigenvalue weighted by Gasteiger charge is -2.33. The highest BCUT2D eigenvalue weighted by atomic mass is 35.5. The Morgan fingerprint density at radius 2 is 1.81 bits per heavy atom. The minimum atomic E-state index is 0.0491. The van der Waals surface area contributed by atoms with Gasteiger partial charge in [0.05, 0.1) is 0 Å². The van der Waals surface area contributed by atoms with Gasteiger partial charge in [-0.15, -0.1) is 5.10 Å². The highest BCUT2D eigenvalue weighted by Gasteiger charge is 2.25. The Hall–Kier alpha value is -2.34. The molecule has 0 radical (unpaired) electrons. The van der Waals surface area contributed by atoms with Gasteiger partial charge in [-0.3, -0.25) is 4.79 Å². The molecule has 1 aliphatic rings. The van der Waals surface area contributed by atoms with Crippen LogP contribution in [0.1, 0.15) is 38.1 Å². The van der Waals surface area contributed by atoms with Gasteiger partial charge in [-0.2, -0.15) is 0 Å². The summed E-state index contributed by atoms with van der Waals surface area (Å²) in [6.45, 7) is 8.50. The molecular weight excluding hydrogens is 352 g/mol. The third-order valence-electron chi connectivity index (χ3n) is 4.35. The van der Waals surface area contributed by atoms with Crippen molar-refractivity contribution in [3.63, 3.8) is 0 Å². The van der Waals surface area contributed by atoms with Crippen LogP contribution < -0.4 is 4.90 Å². The van der Waals surface area contributed by atoms with E-state index in [2.05, 4.69) is 10.2 Å². The van der Waals surface area contributed by atoms with E-state index in [0.717, 1.165) is 5.56 Å². The summed E-state index contributed by atoms with van der Waals surface area (Å²) < 4.78 is 5.69. The van der Waals surface area contributed by atoms with E-state index in [1.807, 2.05) is 60.9 Å². The van der Waals surface area contributed by atoms with Gasteiger partial charge in [-0.05, 0) is 30.7 Å². The van der Waals surface area contributed by atoms with Crippen LogP contribution in [-0.2, 0) is 4.79 Å². The maximum absolute atomic E-state index is 12.7. The molecule has 1 fully saturated rings. The molecule has 0 N–H and O–H groups in total. The molecule has 1 aromatic heterocycles. The monoisotopic (exact) mass is 374 g/mol. The molecule has 2 heterocycles. The van der Waals surface area contributed by atoms with Gasteiger partial charge >= 0.3 is 6.01 Å². The number of benzene rings is 1. The third-order valence-corrected chi connectivity index (χ3v) is 4.60. The van der Waals surface area contributed by atoms with Gasteiger partial charge in [-0.1, -0.05) is 42.7 Å². The number of nitrogens with zero attached hydrogens (tertiary/aromatic N) is 4. The Bertz CT molecular complexity index is 790. The van der Waals surface area contributed by atoms with Crippen LogP contribution in [0.25, 0.3) is 6.08 Å². The molecule has 0 spiro atoms. The first-order valence-corrected chi connectivity index (χ1v) is 9.13. The second-order valence-electron chi connectivity index (χ2n) is 6.74. The molecule has 0 bridgehead atoms. The highest BCUT2D eigenvalue weighted by molar-refractivity contribution is 6.30. The van der Waals surface area contributed by atoms with E-state index in [4.69, 9.17) is 16.0 Å². The summed E-state index contributed by atoms with van der Waals surface area (Å²) in [6, 6.07) is 7.98. The van der Waals surface area contributed by atoms with Gasteiger partial charge < -0.3 is 14.2 Å². The molecule has 1 aromatic carbocycles. The molecule has 7 heteroatoms. The average Bonchev–Trinajstić information content (AvgIpc) is 3.13. The molecule has 1 saturated heterocycles. The number of hydrogen-bond acceptors (Lipinski definition) is 5. The predicted octanol–water partition coefficient (Wildman–Crippen LogP) is 3.60. The van der Waals surface area contributed by atoms with Crippen LogP contribution in [-0.4, -0.2) is 47.2 Å². The van der Waals surface area contributed by atoms with Gasteiger partial charge in [0.1, 0.15) is 0 Å². The van der Waals surface area contributed by atoms with Crippen molar-refractivity contribution >= 4 is 29.6 Å². The molecule has 0 saturated carbocycles. The van der Waals surface area contributed by atoms with E-state index < -0.39 is 0 Å². The Morgan fingerprint density at radius 1 is 1.15 bits per heavy atom. The fraction of sp³-hybridized carbons (Fsp3) is 0.421. The van der Waals surface area contributed by atoms with Gasteiger partial charge in [-0.25, -0.2) is 0 Å². The summed E-state index contributed by atoms with van der Waals surface area (Å²) in [5, 5.41) is 8.87. The van der Waals surface area contributed by atoms with Gasteiger partial charge in [0.2, 0.25) is 11.8 Å². The molecule has 0 unspecified atom stereocenters. The lowest BCUT2D eigenvalue weighted by atomic mass is 10.1. The maximum Gasteiger partial charge on any atom is 0.318 e. The Balaban J connectivity index is 1.59. The minimum absolute atomic E-state index is 0.0491. The topological polar surface area (TPSA) is 62.5 Å². The number of anilines is 1. The zero-order valence-corrected chi connectivity index (χ0v) is 16.0. The van der Waals surface area contributed by atoms with Crippen molar-refractivity contribution in [1.82, 2.24) is 15.1 Å². The van der Waals surface area contributed by atoms with Crippen LogP contribution in [0, 0.1) is 0 Å². The quantitative estimate of drug-likeness (QED) is 0.765. The zero-order chi connectivity index (χ0) is 18.7. The number of amides is 1. The Kier molecular flexibility index (Phi) is 5.61. The predicted molar refractivity (Wildman–Crippen MR) is 102 cm³/mol. The summed E-state index contributed by atoms with van der Waals surface area (Å²) in [6.07, 6.45) is 1.89. The number of halogens is 1. The molecule has 0 atom stereocenters. The molecule has 0 aliphatic carbocycles. The second kappa shape index (κ2) is 7.91. The molecular formula is C19H23ClN4O2. The van der Waals surface area contributed by atoms with E-state index in [1.165, 1.54) is 0 Å². The lowest BCUT2D eigenvalue weighted by molar-refractivity contribution is -0.127. The van der Waals surface area contributed by atoms with Crippen molar-refractivity contribution in [2.45, 2.75) is 26.7 Å². The van der Waals surface area contributed by atoms with Gasteiger partial charge in [0.15, 0.2) is 0 Å². The summed E-state index contributed by atoms with van der Waals surface area (Å²) in [5.41, 5.74) is 1.67. The van der Waals surface area contributed by atoms with Crippen LogP contribution in [0.2, 0.25) is 5.02 Å². The lowest BCUT2D eigenvalue weighted by Crippen LogP contribution is -2.49. The van der Waals surface area contributed by atoms with Crippen molar-refractivity contribution in [3.05, 3.63) is 46.3 Å². The van der Waals surface area contributed by atoms with Gasteiger partial charge in [0, 0.05) is 42.7 Å². The molecule has 26 heavy (non-hydrogen) atoms. The molecule has 3 rings (SSSR count). The van der Waals surface area contributed by atoms with Crippen molar-refractivity contribution < 1.29 is 9.21 Å². The maximum atomic E-state index is 12.7. The van der Waals surface area contributed by atoms with Gasteiger partial charge in [0.25, 0.3) is 0 Å². The molecule has 138 valence electrons. The molecule has 2 aromatic rings. The fourth-order valence-corrected chi connectivity index (χ4v) is 2.93. The third kappa shape index (κ3) is 4.25. The number of aromatic nitrogens is 2. The molecule has 1 aliphatic heterocycles. The summed E-state index contributed by atoms with van der Waals surface area (Å²) in [5.74, 6) is 0.896. The highest BCUT2D eigenvalue weighted by Crippen LogP contribution is 2.20. The summed E-state index contributed by atoms with van der Waals surface area (Å²) in [4.78, 5) is 16.6. The minimum Gasteiger partial charge on any atom is -0.408 e. The standard InChI is InChI=1S/C19H23ClN4O2/c1-13(2)17-21-22-19(26-17)24-10-8-23(9-11-24)18(25)14(3)12-15-4-6-16(20)7-5-15/h4-7,12-13H,8-11H2,1-3H3/b14-12+. The van der Waals surface area contributed by atoms with E-state index in [9.17, 15) is 4.79 Å².